The van der Waals surface area contributed by atoms with Crippen LogP contribution in [0.1, 0.15) is 17.1 Å². The molecule has 0 aliphatic rings. The minimum Gasteiger partial charge on any atom is -0.467 e. The highest BCUT2D eigenvalue weighted by Gasteiger charge is 2.33. The molecule has 0 fully saturated rings. The van der Waals surface area contributed by atoms with Gasteiger partial charge in [-0.1, -0.05) is 12.1 Å². The summed E-state index contributed by atoms with van der Waals surface area (Å²) in [6, 6.07) is 10.4. The third kappa shape index (κ3) is 4.28. The van der Waals surface area contributed by atoms with Crippen LogP contribution in [0.25, 0.3) is 0 Å². The largest absolute Gasteiger partial charge is 0.467 e. The van der Waals surface area contributed by atoms with E-state index in [4.69, 9.17) is 4.42 Å². The van der Waals surface area contributed by atoms with E-state index in [-0.39, 0.29) is 11.5 Å². The van der Waals surface area contributed by atoms with Crippen LogP contribution in [-0.4, -0.2) is 9.97 Å². The molecular weight excluding hydrogens is 333 g/mol. The molecule has 0 amide bonds. The van der Waals surface area contributed by atoms with Gasteiger partial charge >= 0.3 is 6.18 Å². The summed E-state index contributed by atoms with van der Waals surface area (Å²) in [6.07, 6.45) is -2.89. The summed E-state index contributed by atoms with van der Waals surface area (Å²) in [5.41, 5.74) is -0.818. The molecular formula is C17H15F3N4O. The molecule has 0 aliphatic heterocycles. The highest BCUT2D eigenvalue weighted by molar-refractivity contribution is 5.63. The van der Waals surface area contributed by atoms with E-state index in [0.717, 1.165) is 6.07 Å². The molecule has 0 spiro atoms. The molecule has 3 aromatic rings. The maximum atomic E-state index is 13.1. The molecule has 0 unspecified atom stereocenters. The van der Waals surface area contributed by atoms with Crippen molar-refractivity contribution in [3.8, 4) is 0 Å². The highest BCUT2D eigenvalue weighted by atomic mass is 19.4. The number of aryl methyl sites for hydroxylation is 1. The standard InChI is InChI=1S/C17H15F3N4O/c1-11-22-15(21-10-12-5-4-8-25-12)9-16(23-11)24-14-7-3-2-6-13(14)17(18,19)20/h2-9H,10H2,1H3,(H2,21,22,23,24). The Hall–Kier alpha value is -3.03. The van der Waals surface area contributed by atoms with E-state index in [1.165, 1.54) is 18.2 Å². The molecule has 2 heterocycles. The van der Waals surface area contributed by atoms with Gasteiger partial charge < -0.3 is 15.1 Å². The van der Waals surface area contributed by atoms with Gasteiger partial charge in [0.15, 0.2) is 0 Å². The predicted octanol–water partition coefficient (Wildman–Crippen LogP) is 4.75. The van der Waals surface area contributed by atoms with Gasteiger partial charge in [-0.25, -0.2) is 9.97 Å². The van der Waals surface area contributed by atoms with E-state index >= 15 is 0 Å². The van der Waals surface area contributed by atoms with Gasteiger partial charge in [-0.15, -0.1) is 0 Å². The Morgan fingerprint density at radius 2 is 1.80 bits per heavy atom. The minimum atomic E-state index is -4.45. The fraction of sp³-hybridized carbons (Fsp3) is 0.176. The van der Waals surface area contributed by atoms with Crippen LogP contribution < -0.4 is 10.6 Å². The van der Waals surface area contributed by atoms with Crippen molar-refractivity contribution in [3.63, 3.8) is 0 Å². The first-order valence-corrected chi connectivity index (χ1v) is 7.47. The monoisotopic (exact) mass is 348 g/mol. The average molecular weight is 348 g/mol. The molecule has 0 bridgehead atoms. The first-order valence-electron chi connectivity index (χ1n) is 7.47. The average Bonchev–Trinajstić information content (AvgIpc) is 3.05. The van der Waals surface area contributed by atoms with Gasteiger partial charge in [0.1, 0.15) is 23.2 Å². The van der Waals surface area contributed by atoms with Crippen molar-refractivity contribution in [1.29, 1.82) is 0 Å². The smallest absolute Gasteiger partial charge is 0.418 e. The first kappa shape index (κ1) is 16.8. The summed E-state index contributed by atoms with van der Waals surface area (Å²) in [4.78, 5) is 8.36. The molecule has 130 valence electrons. The minimum absolute atomic E-state index is 0.0647. The summed E-state index contributed by atoms with van der Waals surface area (Å²) in [6.45, 7) is 2.07. The predicted molar refractivity (Wildman–Crippen MR) is 87.5 cm³/mol. The summed E-state index contributed by atoms with van der Waals surface area (Å²) in [5.74, 6) is 1.90. The van der Waals surface area contributed by atoms with Crippen LogP contribution in [-0.2, 0) is 12.7 Å². The van der Waals surface area contributed by atoms with Crippen molar-refractivity contribution in [2.24, 2.45) is 0 Å². The van der Waals surface area contributed by atoms with Crippen LogP contribution in [0.3, 0.4) is 0 Å². The second-order valence-corrected chi connectivity index (χ2v) is 5.29. The summed E-state index contributed by atoms with van der Waals surface area (Å²) >= 11 is 0. The van der Waals surface area contributed by atoms with Crippen LogP contribution in [0.2, 0.25) is 0 Å². The zero-order valence-electron chi connectivity index (χ0n) is 13.3. The van der Waals surface area contributed by atoms with Crippen molar-refractivity contribution < 1.29 is 17.6 Å². The number of rotatable bonds is 5. The zero-order chi connectivity index (χ0) is 17.9. The van der Waals surface area contributed by atoms with Crippen LogP contribution in [0.15, 0.2) is 53.1 Å². The Bertz CT molecular complexity index is 847. The Kier molecular flexibility index (Phi) is 4.60. The molecule has 2 aromatic heterocycles. The van der Waals surface area contributed by atoms with Gasteiger partial charge in [-0.2, -0.15) is 13.2 Å². The van der Waals surface area contributed by atoms with E-state index < -0.39 is 11.7 Å². The molecule has 25 heavy (non-hydrogen) atoms. The van der Waals surface area contributed by atoms with Gasteiger partial charge in [0.2, 0.25) is 0 Å². The van der Waals surface area contributed by atoms with Crippen molar-refractivity contribution in [1.82, 2.24) is 9.97 Å². The summed E-state index contributed by atoms with van der Waals surface area (Å²) in [5, 5.41) is 5.77. The topological polar surface area (TPSA) is 63.0 Å². The van der Waals surface area contributed by atoms with E-state index in [2.05, 4.69) is 20.6 Å². The van der Waals surface area contributed by atoms with E-state index in [1.54, 1.807) is 31.4 Å². The number of hydrogen-bond acceptors (Lipinski definition) is 5. The summed E-state index contributed by atoms with van der Waals surface area (Å²) in [7, 11) is 0. The molecule has 0 radical (unpaired) electrons. The van der Waals surface area contributed by atoms with Gasteiger partial charge in [0, 0.05) is 6.07 Å². The second-order valence-electron chi connectivity index (χ2n) is 5.29. The number of para-hydroxylation sites is 1. The third-order valence-corrected chi connectivity index (χ3v) is 3.36. The number of alkyl halides is 3. The van der Waals surface area contributed by atoms with Crippen LogP contribution in [0.4, 0.5) is 30.5 Å². The summed E-state index contributed by atoms with van der Waals surface area (Å²) < 4.78 is 44.5. The Morgan fingerprint density at radius 3 is 2.52 bits per heavy atom. The molecule has 2 N–H and O–H groups in total. The Morgan fingerprint density at radius 1 is 1.04 bits per heavy atom. The second kappa shape index (κ2) is 6.84. The normalized spacial score (nSPS) is 11.4. The molecule has 8 heteroatoms. The van der Waals surface area contributed by atoms with E-state index in [9.17, 15) is 13.2 Å². The molecule has 0 aliphatic carbocycles. The van der Waals surface area contributed by atoms with E-state index in [0.29, 0.717) is 23.9 Å². The molecule has 0 atom stereocenters. The van der Waals surface area contributed by atoms with Crippen LogP contribution in [0.5, 0.6) is 0 Å². The van der Waals surface area contributed by atoms with Gasteiger partial charge in [-0.05, 0) is 31.2 Å². The van der Waals surface area contributed by atoms with Crippen LogP contribution in [0, 0.1) is 6.92 Å². The lowest BCUT2D eigenvalue weighted by molar-refractivity contribution is -0.136. The number of hydrogen-bond donors (Lipinski definition) is 2. The van der Waals surface area contributed by atoms with Crippen LogP contribution >= 0.6 is 0 Å². The van der Waals surface area contributed by atoms with Gasteiger partial charge in [0.25, 0.3) is 0 Å². The van der Waals surface area contributed by atoms with Crippen molar-refractivity contribution in [3.05, 3.63) is 65.9 Å². The fourth-order valence-electron chi connectivity index (χ4n) is 2.29. The number of nitrogens with one attached hydrogen (secondary N) is 2. The number of anilines is 3. The number of halogens is 3. The Labute approximate surface area is 141 Å². The van der Waals surface area contributed by atoms with Gasteiger partial charge in [-0.3, -0.25) is 0 Å². The lowest BCUT2D eigenvalue weighted by Gasteiger charge is -2.14. The lowest BCUT2D eigenvalue weighted by atomic mass is 10.1. The molecule has 0 saturated carbocycles. The van der Waals surface area contributed by atoms with Crippen molar-refractivity contribution in [2.75, 3.05) is 10.6 Å². The van der Waals surface area contributed by atoms with Gasteiger partial charge in [0.05, 0.1) is 24.1 Å². The quantitative estimate of drug-likeness (QED) is 0.696. The molecule has 5 nitrogen and oxygen atoms in total. The number of aromatic nitrogens is 2. The number of benzene rings is 1. The maximum absolute atomic E-state index is 13.1. The molecule has 0 saturated heterocycles. The maximum Gasteiger partial charge on any atom is 0.418 e. The Balaban J connectivity index is 1.81. The first-order chi connectivity index (χ1) is 11.9. The SMILES string of the molecule is Cc1nc(NCc2ccco2)cc(Nc2ccccc2C(F)(F)F)n1. The fourth-order valence-corrected chi connectivity index (χ4v) is 2.29. The molecule has 3 rings (SSSR count). The number of furan rings is 1. The molecule has 1 aromatic carbocycles. The highest BCUT2D eigenvalue weighted by Crippen LogP contribution is 2.35. The lowest BCUT2D eigenvalue weighted by Crippen LogP contribution is -2.10. The zero-order valence-corrected chi connectivity index (χ0v) is 13.3. The van der Waals surface area contributed by atoms with Crippen molar-refractivity contribution >= 4 is 17.3 Å². The van der Waals surface area contributed by atoms with E-state index in [1.807, 2.05) is 0 Å². The van der Waals surface area contributed by atoms with Crippen molar-refractivity contribution in [2.45, 2.75) is 19.6 Å². The number of nitrogens with zero attached hydrogens (tertiary/aromatic N) is 2. The third-order valence-electron chi connectivity index (χ3n) is 3.36.